The van der Waals surface area contributed by atoms with Gasteiger partial charge in [0.05, 0.1) is 53.8 Å². The van der Waals surface area contributed by atoms with E-state index in [0.717, 1.165) is 5.56 Å². The molecule has 0 spiro atoms. The van der Waals surface area contributed by atoms with Gasteiger partial charge in [-0.2, -0.15) is 0 Å². The number of alkyl halides is 2. The zero-order valence-electron chi connectivity index (χ0n) is 46.2. The van der Waals surface area contributed by atoms with Crippen molar-refractivity contribution in [2.45, 2.75) is 204 Å². The first-order valence-electron chi connectivity index (χ1n) is 26.3. The summed E-state index contributed by atoms with van der Waals surface area (Å²) >= 11 is 3.36. The maximum atomic E-state index is 14.8. The predicted molar refractivity (Wildman–Crippen MR) is 277 cm³/mol. The molecular formula is C53H89BrFN5O14. The van der Waals surface area contributed by atoms with Gasteiger partial charge in [0.15, 0.2) is 12.6 Å². The number of methoxy groups -OCH3 is 2. The summed E-state index contributed by atoms with van der Waals surface area (Å²) in [5.74, 6) is -2.18. The molecule has 3 fully saturated rings. The highest BCUT2D eigenvalue weighted by Gasteiger charge is 2.53. The molecule has 0 bridgehead atoms. The Hall–Kier alpha value is -2.48. The Morgan fingerprint density at radius 1 is 0.986 bits per heavy atom. The standard InChI is InChI=1S/C53H89BrFN5O14/c1-15-41-53(10,66)46(62)34(6)59(12)28-30(2)25-51(8,65)48(32(4)44(33(5)49(64)72-41)73-42-26-52(9,68-14)47(63)35(7)71-42)74-50-43(61)39(24-31(3)70-50)58(11)22-20-37-29-60(57-56-37)40(27-55)45(67-13)36-16-18-38(19-17-36)69-23-21-54/h16-19,29-35,39-48,50,61-63,65-66H,15,20-28H2,1-14H3/t30-,31-,32+,33-,34-,35+,39+,40-,41-,42+,43-,44+,45-,46-,47+,48-,50+,51-,52-,53-/m1/s1. The van der Waals surface area contributed by atoms with E-state index in [9.17, 15) is 34.7 Å². The molecule has 74 heavy (non-hydrogen) atoms. The topological polar surface area (TPSA) is 229 Å². The van der Waals surface area contributed by atoms with Crippen LogP contribution in [-0.2, 0) is 44.4 Å². The van der Waals surface area contributed by atoms with E-state index in [1.54, 1.807) is 54.7 Å². The SMILES string of the molecule is CC[C@H]1OC(=O)[C@H](C)[C@@H](O[C@H]2C[C@@](C)(OC)[C@@H](O)[C@H](C)O2)[C@H](C)[C@@H](O[C@@H]2O[C@H](C)C[C@H](N(C)CCc3cn([C@H](CF)[C@H](OC)c4ccc(OCCBr)cc4)nn3)[C@H]2O)[C@](C)(O)C[C@@H](C)CN(C)[C@H](C)[C@@H](O)[C@]1(C)O. The summed E-state index contributed by atoms with van der Waals surface area (Å²) in [6.45, 7) is 18.0. The molecule has 0 saturated carbocycles. The van der Waals surface area contributed by atoms with Crippen LogP contribution in [0, 0.1) is 17.8 Å². The molecular weight excluding hydrogens is 1030 g/mol. The third kappa shape index (κ3) is 14.8. The summed E-state index contributed by atoms with van der Waals surface area (Å²) in [5.41, 5.74) is -3.23. The van der Waals surface area contributed by atoms with Crippen LogP contribution in [0.4, 0.5) is 4.39 Å². The normalized spacial score (nSPS) is 39.2. The number of ether oxygens (including phenoxy) is 8. The van der Waals surface area contributed by atoms with Gasteiger partial charge in [-0.1, -0.05) is 54.0 Å². The molecule has 20 atom stereocenters. The van der Waals surface area contributed by atoms with Crippen LogP contribution < -0.4 is 4.74 Å². The third-order valence-corrected chi connectivity index (χ3v) is 16.4. The monoisotopic (exact) mass is 1120 g/mol. The Morgan fingerprint density at radius 2 is 1.66 bits per heavy atom. The number of benzene rings is 1. The minimum Gasteiger partial charge on any atom is -0.493 e. The van der Waals surface area contributed by atoms with Crippen molar-refractivity contribution in [3.8, 4) is 5.75 Å². The molecule has 1 aromatic carbocycles. The number of aliphatic hydroxyl groups excluding tert-OH is 3. The fourth-order valence-corrected chi connectivity index (χ4v) is 11.6. The fraction of sp³-hybridized carbons (Fsp3) is 0.830. The highest BCUT2D eigenvalue weighted by molar-refractivity contribution is 9.09. The van der Waals surface area contributed by atoms with Gasteiger partial charge in [-0.15, -0.1) is 5.10 Å². The third-order valence-electron chi connectivity index (χ3n) is 16.0. The molecule has 19 nitrogen and oxygen atoms in total. The van der Waals surface area contributed by atoms with E-state index in [2.05, 4.69) is 26.2 Å². The molecule has 21 heteroatoms. The number of likely N-dealkylation sites (N-methyl/N-ethyl adjacent to an activating group) is 2. The number of carbonyl (C=O) groups is 1. The first-order chi connectivity index (χ1) is 34.8. The van der Waals surface area contributed by atoms with Crippen molar-refractivity contribution in [2.75, 3.05) is 60.0 Å². The summed E-state index contributed by atoms with van der Waals surface area (Å²) in [6.07, 6.45) is -7.99. The molecule has 3 aliphatic rings. The van der Waals surface area contributed by atoms with E-state index >= 15 is 0 Å². The lowest BCUT2D eigenvalue weighted by Gasteiger charge is -2.49. The largest absolute Gasteiger partial charge is 0.493 e. The minimum absolute atomic E-state index is 0.0841. The van der Waals surface area contributed by atoms with Crippen molar-refractivity contribution in [2.24, 2.45) is 17.8 Å². The van der Waals surface area contributed by atoms with Crippen LogP contribution in [0.3, 0.4) is 0 Å². The average Bonchev–Trinajstić information content (AvgIpc) is 3.83. The molecule has 0 amide bonds. The molecule has 0 unspecified atom stereocenters. The Labute approximate surface area is 446 Å². The highest BCUT2D eigenvalue weighted by Crippen LogP contribution is 2.41. The summed E-state index contributed by atoms with van der Waals surface area (Å²) in [4.78, 5) is 18.4. The van der Waals surface area contributed by atoms with Crippen molar-refractivity contribution in [1.82, 2.24) is 24.8 Å². The minimum atomic E-state index is -1.85. The smallest absolute Gasteiger partial charge is 0.311 e. The van der Waals surface area contributed by atoms with Gasteiger partial charge in [-0.05, 0) is 105 Å². The van der Waals surface area contributed by atoms with Crippen LogP contribution in [0.25, 0.3) is 0 Å². The maximum absolute atomic E-state index is 14.8. The van der Waals surface area contributed by atoms with E-state index in [0.29, 0.717) is 49.3 Å². The van der Waals surface area contributed by atoms with E-state index in [1.165, 1.54) is 25.8 Å². The highest BCUT2D eigenvalue weighted by atomic mass is 79.9. The van der Waals surface area contributed by atoms with Crippen LogP contribution in [-0.4, -0.2) is 207 Å². The molecule has 5 N–H and O–H groups in total. The number of hydrogen-bond acceptors (Lipinski definition) is 18. The summed E-state index contributed by atoms with van der Waals surface area (Å²) in [7, 11) is 6.74. The van der Waals surface area contributed by atoms with E-state index < -0.39 is 127 Å². The Kier molecular flexibility index (Phi) is 22.7. The average molecular weight is 1120 g/mol. The number of esters is 1. The van der Waals surface area contributed by atoms with Crippen LogP contribution >= 0.6 is 15.9 Å². The van der Waals surface area contributed by atoms with Gasteiger partial charge in [0.25, 0.3) is 0 Å². The molecule has 2 aromatic rings. The van der Waals surface area contributed by atoms with Crippen LogP contribution in [0.5, 0.6) is 5.75 Å². The van der Waals surface area contributed by atoms with Crippen molar-refractivity contribution >= 4 is 21.9 Å². The molecule has 1 aromatic heterocycles. The zero-order chi connectivity index (χ0) is 55.0. The van der Waals surface area contributed by atoms with Crippen molar-refractivity contribution in [3.63, 3.8) is 0 Å². The van der Waals surface area contributed by atoms with Crippen LogP contribution in [0.15, 0.2) is 30.5 Å². The quantitative estimate of drug-likeness (QED) is 0.1000. The number of aromatic nitrogens is 3. The molecule has 0 radical (unpaired) electrons. The number of rotatable bonds is 18. The lowest BCUT2D eigenvalue weighted by Crippen LogP contribution is -2.61. The number of nitrogens with zero attached hydrogens (tertiary/aromatic N) is 5. The van der Waals surface area contributed by atoms with Crippen molar-refractivity contribution in [3.05, 3.63) is 41.7 Å². The first kappa shape index (κ1) is 62.4. The van der Waals surface area contributed by atoms with Crippen LogP contribution in [0.1, 0.15) is 118 Å². The predicted octanol–water partition coefficient (Wildman–Crippen LogP) is 4.78. The van der Waals surface area contributed by atoms with Gasteiger partial charge in [0, 0.05) is 69.7 Å². The fourth-order valence-electron chi connectivity index (χ4n) is 11.4. The summed E-state index contributed by atoms with van der Waals surface area (Å²) < 4.78 is 66.1. The van der Waals surface area contributed by atoms with Gasteiger partial charge in [0.1, 0.15) is 54.6 Å². The summed E-state index contributed by atoms with van der Waals surface area (Å²) in [6, 6.07) is 5.46. The van der Waals surface area contributed by atoms with Gasteiger partial charge in [-0.25, -0.2) is 9.07 Å². The Balaban J connectivity index is 1.43. The molecule has 3 saturated heterocycles. The van der Waals surface area contributed by atoms with Crippen LogP contribution in [0.2, 0.25) is 0 Å². The molecule has 5 rings (SSSR count). The molecule has 424 valence electrons. The second-order valence-electron chi connectivity index (χ2n) is 22.1. The molecule has 0 aliphatic carbocycles. The lowest BCUT2D eigenvalue weighted by atomic mass is 9.77. The number of carbonyl (C=O) groups excluding carboxylic acids is 1. The lowest BCUT2D eigenvalue weighted by molar-refractivity contribution is -0.318. The Bertz CT molecular complexity index is 2030. The van der Waals surface area contributed by atoms with E-state index in [1.807, 2.05) is 62.0 Å². The van der Waals surface area contributed by atoms with Gasteiger partial charge >= 0.3 is 5.97 Å². The Morgan fingerprint density at radius 3 is 2.27 bits per heavy atom. The van der Waals surface area contributed by atoms with E-state index in [-0.39, 0.29) is 25.2 Å². The number of aliphatic hydroxyl groups is 5. The second-order valence-corrected chi connectivity index (χ2v) is 22.9. The summed E-state index contributed by atoms with van der Waals surface area (Å²) in [5, 5.41) is 69.2. The number of hydrogen-bond donors (Lipinski definition) is 5. The number of halogens is 2. The van der Waals surface area contributed by atoms with Crippen molar-refractivity contribution in [1.29, 1.82) is 0 Å². The van der Waals surface area contributed by atoms with Gasteiger partial charge in [0.2, 0.25) is 0 Å². The van der Waals surface area contributed by atoms with Gasteiger partial charge in [-0.3, -0.25) is 4.79 Å². The maximum Gasteiger partial charge on any atom is 0.311 e. The zero-order valence-corrected chi connectivity index (χ0v) is 47.8. The first-order valence-corrected chi connectivity index (χ1v) is 27.4. The van der Waals surface area contributed by atoms with Gasteiger partial charge < -0.3 is 73.2 Å². The van der Waals surface area contributed by atoms with Crippen molar-refractivity contribution < 1.29 is 72.6 Å². The molecule has 3 aliphatic heterocycles. The number of cyclic esters (lactones) is 1. The molecule has 4 heterocycles. The van der Waals surface area contributed by atoms with E-state index in [4.69, 9.17) is 37.9 Å². The second kappa shape index (κ2) is 26.9.